The van der Waals surface area contributed by atoms with E-state index in [1.807, 2.05) is 36.4 Å². The Balaban J connectivity index is 1.81. The number of amides is 2. The van der Waals surface area contributed by atoms with Gasteiger partial charge in [0.1, 0.15) is 0 Å². The van der Waals surface area contributed by atoms with Crippen LogP contribution in [0.4, 0.5) is 0 Å². The van der Waals surface area contributed by atoms with Crippen molar-refractivity contribution in [3.05, 3.63) is 54.6 Å². The van der Waals surface area contributed by atoms with Crippen LogP contribution in [0.25, 0.3) is 6.08 Å². The van der Waals surface area contributed by atoms with Crippen LogP contribution in [0.3, 0.4) is 0 Å². The molecule has 2 amide bonds. The average Bonchev–Trinajstić information content (AvgIpc) is 2.58. The van der Waals surface area contributed by atoms with Gasteiger partial charge in [-0.2, -0.15) is 0 Å². The SMILES string of the molecule is C=CCNC(=O)C1CCN(C(=O)/C=C/c2ccccc2)CC1. The van der Waals surface area contributed by atoms with Gasteiger partial charge in [-0.15, -0.1) is 6.58 Å². The molecule has 0 bridgehead atoms. The number of benzene rings is 1. The Labute approximate surface area is 131 Å². The maximum Gasteiger partial charge on any atom is 0.246 e. The van der Waals surface area contributed by atoms with Crippen LogP contribution in [-0.2, 0) is 9.59 Å². The number of nitrogens with one attached hydrogen (secondary N) is 1. The van der Waals surface area contributed by atoms with E-state index >= 15 is 0 Å². The Morgan fingerprint density at radius 1 is 1.23 bits per heavy atom. The lowest BCUT2D eigenvalue weighted by Crippen LogP contribution is -2.42. The van der Waals surface area contributed by atoms with Crippen molar-refractivity contribution in [2.24, 2.45) is 5.92 Å². The van der Waals surface area contributed by atoms with E-state index in [9.17, 15) is 9.59 Å². The molecule has 1 heterocycles. The number of rotatable bonds is 5. The molecule has 2 rings (SSSR count). The summed E-state index contributed by atoms with van der Waals surface area (Å²) in [5.41, 5.74) is 1.01. The number of hydrogen-bond acceptors (Lipinski definition) is 2. The van der Waals surface area contributed by atoms with E-state index in [0.29, 0.717) is 32.5 Å². The maximum atomic E-state index is 12.1. The van der Waals surface area contributed by atoms with E-state index < -0.39 is 0 Å². The van der Waals surface area contributed by atoms with Crippen LogP contribution in [0, 0.1) is 5.92 Å². The van der Waals surface area contributed by atoms with Crippen molar-refractivity contribution in [2.75, 3.05) is 19.6 Å². The molecule has 22 heavy (non-hydrogen) atoms. The summed E-state index contributed by atoms with van der Waals surface area (Å²) in [6.07, 6.45) is 6.53. The molecular formula is C18H22N2O2. The molecule has 1 aliphatic rings. The summed E-state index contributed by atoms with van der Waals surface area (Å²) in [5, 5.41) is 2.82. The van der Waals surface area contributed by atoms with Gasteiger partial charge in [0.2, 0.25) is 11.8 Å². The highest BCUT2D eigenvalue weighted by Crippen LogP contribution is 2.17. The molecule has 1 aromatic carbocycles. The monoisotopic (exact) mass is 298 g/mol. The zero-order chi connectivity index (χ0) is 15.8. The van der Waals surface area contributed by atoms with Crippen LogP contribution in [0.1, 0.15) is 18.4 Å². The molecule has 0 spiro atoms. The van der Waals surface area contributed by atoms with Gasteiger partial charge in [0.15, 0.2) is 0 Å². The molecule has 0 unspecified atom stereocenters. The molecule has 1 aromatic rings. The highest BCUT2D eigenvalue weighted by molar-refractivity contribution is 5.92. The minimum Gasteiger partial charge on any atom is -0.352 e. The third-order valence-electron chi connectivity index (χ3n) is 3.82. The fraction of sp³-hybridized carbons (Fsp3) is 0.333. The van der Waals surface area contributed by atoms with Crippen LogP contribution < -0.4 is 5.32 Å². The second-order valence-electron chi connectivity index (χ2n) is 5.38. The van der Waals surface area contributed by atoms with Gasteiger partial charge >= 0.3 is 0 Å². The summed E-state index contributed by atoms with van der Waals surface area (Å²) in [6, 6.07) is 9.75. The molecular weight excluding hydrogens is 276 g/mol. The van der Waals surface area contributed by atoms with Gasteiger partial charge < -0.3 is 10.2 Å². The lowest BCUT2D eigenvalue weighted by molar-refractivity contribution is -0.132. The normalized spacial score (nSPS) is 15.7. The molecule has 0 aliphatic carbocycles. The molecule has 1 aliphatic heterocycles. The Bertz CT molecular complexity index is 543. The third-order valence-corrected chi connectivity index (χ3v) is 3.82. The average molecular weight is 298 g/mol. The molecule has 0 atom stereocenters. The van der Waals surface area contributed by atoms with Crippen molar-refractivity contribution in [2.45, 2.75) is 12.8 Å². The summed E-state index contributed by atoms with van der Waals surface area (Å²) in [6.45, 7) is 5.34. The number of piperidine rings is 1. The zero-order valence-electron chi connectivity index (χ0n) is 12.7. The molecule has 0 saturated carbocycles. The maximum absolute atomic E-state index is 12.1. The quantitative estimate of drug-likeness (QED) is 0.669. The molecule has 0 aromatic heterocycles. The van der Waals surface area contributed by atoms with Crippen LogP contribution in [0.2, 0.25) is 0 Å². The molecule has 1 saturated heterocycles. The van der Waals surface area contributed by atoms with E-state index in [1.165, 1.54) is 0 Å². The number of likely N-dealkylation sites (tertiary alicyclic amines) is 1. The van der Waals surface area contributed by atoms with Gasteiger partial charge in [-0.05, 0) is 24.5 Å². The first kappa shape index (κ1) is 16.0. The molecule has 4 nitrogen and oxygen atoms in total. The molecule has 1 fully saturated rings. The van der Waals surface area contributed by atoms with Gasteiger partial charge in [-0.1, -0.05) is 36.4 Å². The van der Waals surface area contributed by atoms with Crippen LogP contribution in [0.5, 0.6) is 0 Å². The molecule has 116 valence electrons. The Hall–Kier alpha value is -2.36. The second-order valence-corrected chi connectivity index (χ2v) is 5.38. The number of carbonyl (C=O) groups is 2. The van der Waals surface area contributed by atoms with E-state index in [4.69, 9.17) is 0 Å². The predicted octanol–water partition coefficient (Wildman–Crippen LogP) is 2.24. The van der Waals surface area contributed by atoms with E-state index in [0.717, 1.165) is 5.56 Å². The Morgan fingerprint density at radius 3 is 2.55 bits per heavy atom. The highest BCUT2D eigenvalue weighted by Gasteiger charge is 2.26. The van der Waals surface area contributed by atoms with Crippen molar-refractivity contribution in [1.82, 2.24) is 10.2 Å². The van der Waals surface area contributed by atoms with Gasteiger partial charge in [-0.3, -0.25) is 9.59 Å². The van der Waals surface area contributed by atoms with Crippen molar-refractivity contribution in [1.29, 1.82) is 0 Å². The minimum absolute atomic E-state index is 0.00195. The summed E-state index contributed by atoms with van der Waals surface area (Å²) in [4.78, 5) is 25.8. The topological polar surface area (TPSA) is 49.4 Å². The van der Waals surface area contributed by atoms with Crippen molar-refractivity contribution in [3.63, 3.8) is 0 Å². The number of carbonyl (C=O) groups excluding carboxylic acids is 2. The summed E-state index contributed by atoms with van der Waals surface area (Å²) in [5.74, 6) is 0.0720. The van der Waals surface area contributed by atoms with Gasteiger partial charge in [0.05, 0.1) is 0 Å². The second kappa shape index (κ2) is 8.17. The van der Waals surface area contributed by atoms with Gasteiger partial charge in [0, 0.05) is 31.6 Å². The largest absolute Gasteiger partial charge is 0.352 e. The van der Waals surface area contributed by atoms with Crippen LogP contribution in [0.15, 0.2) is 49.1 Å². The molecule has 0 radical (unpaired) electrons. The lowest BCUT2D eigenvalue weighted by atomic mass is 9.96. The van der Waals surface area contributed by atoms with E-state index in [2.05, 4.69) is 11.9 Å². The fourth-order valence-electron chi connectivity index (χ4n) is 2.52. The third kappa shape index (κ3) is 4.58. The zero-order valence-corrected chi connectivity index (χ0v) is 12.7. The first-order chi connectivity index (χ1) is 10.7. The highest BCUT2D eigenvalue weighted by atomic mass is 16.2. The summed E-state index contributed by atoms with van der Waals surface area (Å²) < 4.78 is 0. The minimum atomic E-state index is 0.00195. The standard InChI is InChI=1S/C18H22N2O2/c1-2-12-19-18(22)16-10-13-20(14-11-16)17(21)9-8-15-6-4-3-5-7-15/h2-9,16H,1,10-14H2,(H,19,22)/b9-8+. The van der Waals surface area contributed by atoms with Crippen LogP contribution >= 0.6 is 0 Å². The molecule has 4 heteroatoms. The first-order valence-corrected chi connectivity index (χ1v) is 7.61. The lowest BCUT2D eigenvalue weighted by Gasteiger charge is -2.30. The van der Waals surface area contributed by atoms with Gasteiger partial charge in [-0.25, -0.2) is 0 Å². The Morgan fingerprint density at radius 2 is 1.91 bits per heavy atom. The van der Waals surface area contributed by atoms with E-state index in [-0.39, 0.29) is 17.7 Å². The van der Waals surface area contributed by atoms with Crippen molar-refractivity contribution < 1.29 is 9.59 Å². The first-order valence-electron chi connectivity index (χ1n) is 7.61. The van der Waals surface area contributed by atoms with Crippen molar-refractivity contribution in [3.8, 4) is 0 Å². The number of nitrogens with zero attached hydrogens (tertiary/aromatic N) is 1. The molecule has 1 N–H and O–H groups in total. The smallest absolute Gasteiger partial charge is 0.246 e. The number of hydrogen-bond donors (Lipinski definition) is 1. The van der Waals surface area contributed by atoms with Crippen LogP contribution in [-0.4, -0.2) is 36.3 Å². The predicted molar refractivity (Wildman–Crippen MR) is 88.0 cm³/mol. The Kier molecular flexibility index (Phi) is 5.95. The fourth-order valence-corrected chi connectivity index (χ4v) is 2.52. The van der Waals surface area contributed by atoms with Gasteiger partial charge in [0.25, 0.3) is 0 Å². The summed E-state index contributed by atoms with van der Waals surface area (Å²) >= 11 is 0. The van der Waals surface area contributed by atoms with Crippen molar-refractivity contribution >= 4 is 17.9 Å². The summed E-state index contributed by atoms with van der Waals surface area (Å²) in [7, 11) is 0. The van der Waals surface area contributed by atoms with E-state index in [1.54, 1.807) is 17.1 Å².